The minimum atomic E-state index is -4.42. The standard InChI is InChI=1S/C12H6BrF3N4/c13-9-2-1-7(12(14,15)16)3-10(9)20-11-6-18-8(4-17)5-19-11/h1-3,5-6H,(H,19,20). The van der Waals surface area contributed by atoms with Gasteiger partial charge in [0.05, 0.1) is 23.6 Å². The maximum atomic E-state index is 12.6. The van der Waals surface area contributed by atoms with Crippen molar-refractivity contribution in [3.63, 3.8) is 0 Å². The van der Waals surface area contributed by atoms with Gasteiger partial charge in [-0.05, 0) is 34.1 Å². The molecule has 0 fully saturated rings. The van der Waals surface area contributed by atoms with Gasteiger partial charge < -0.3 is 5.32 Å². The van der Waals surface area contributed by atoms with Crippen molar-refractivity contribution >= 4 is 27.4 Å². The summed E-state index contributed by atoms with van der Waals surface area (Å²) in [6.07, 6.45) is -1.93. The van der Waals surface area contributed by atoms with Crippen molar-refractivity contribution < 1.29 is 13.2 Å². The number of halogens is 4. The highest BCUT2D eigenvalue weighted by Crippen LogP contribution is 2.34. The van der Waals surface area contributed by atoms with Gasteiger partial charge in [0.25, 0.3) is 0 Å². The summed E-state index contributed by atoms with van der Waals surface area (Å²) in [5, 5.41) is 11.3. The fourth-order valence-electron chi connectivity index (χ4n) is 1.39. The van der Waals surface area contributed by atoms with Crippen molar-refractivity contribution in [1.29, 1.82) is 5.26 Å². The van der Waals surface area contributed by atoms with Gasteiger partial charge in [0.15, 0.2) is 5.69 Å². The number of nitriles is 1. The van der Waals surface area contributed by atoms with E-state index < -0.39 is 11.7 Å². The molecule has 0 saturated heterocycles. The summed E-state index contributed by atoms with van der Waals surface area (Å²) in [4.78, 5) is 7.65. The third-order valence-corrected chi connectivity index (χ3v) is 3.01. The molecule has 0 aliphatic heterocycles. The van der Waals surface area contributed by atoms with E-state index in [-0.39, 0.29) is 17.2 Å². The van der Waals surface area contributed by atoms with E-state index in [1.165, 1.54) is 18.5 Å². The first-order chi connectivity index (χ1) is 9.40. The van der Waals surface area contributed by atoms with Gasteiger partial charge in [-0.2, -0.15) is 18.4 Å². The summed E-state index contributed by atoms with van der Waals surface area (Å²) in [5.41, 5.74) is -0.442. The van der Waals surface area contributed by atoms with Crippen molar-refractivity contribution in [2.24, 2.45) is 0 Å². The van der Waals surface area contributed by atoms with Gasteiger partial charge in [-0.25, -0.2) is 9.97 Å². The fourth-order valence-corrected chi connectivity index (χ4v) is 1.73. The van der Waals surface area contributed by atoms with E-state index in [2.05, 4.69) is 31.2 Å². The van der Waals surface area contributed by atoms with Crippen LogP contribution in [0.5, 0.6) is 0 Å². The van der Waals surface area contributed by atoms with Gasteiger partial charge in [0, 0.05) is 4.47 Å². The Kier molecular flexibility index (Phi) is 3.90. The zero-order valence-electron chi connectivity index (χ0n) is 9.74. The van der Waals surface area contributed by atoms with Crippen molar-refractivity contribution in [2.45, 2.75) is 6.18 Å². The molecule has 2 aromatic rings. The minimum Gasteiger partial charge on any atom is -0.338 e. The van der Waals surface area contributed by atoms with E-state index in [4.69, 9.17) is 5.26 Å². The number of rotatable bonds is 2. The van der Waals surface area contributed by atoms with Crippen LogP contribution in [0.25, 0.3) is 0 Å². The van der Waals surface area contributed by atoms with Crippen LogP contribution in [0.4, 0.5) is 24.7 Å². The summed E-state index contributed by atoms with van der Waals surface area (Å²) >= 11 is 3.15. The molecule has 20 heavy (non-hydrogen) atoms. The molecule has 8 heteroatoms. The molecule has 0 spiro atoms. The molecule has 0 unspecified atom stereocenters. The second-order valence-electron chi connectivity index (χ2n) is 3.72. The SMILES string of the molecule is N#Cc1cnc(Nc2cc(C(F)(F)F)ccc2Br)cn1. The van der Waals surface area contributed by atoms with Crippen LogP contribution in [0.1, 0.15) is 11.3 Å². The highest BCUT2D eigenvalue weighted by atomic mass is 79.9. The fraction of sp³-hybridized carbons (Fsp3) is 0.0833. The smallest absolute Gasteiger partial charge is 0.338 e. The lowest BCUT2D eigenvalue weighted by Gasteiger charge is -2.11. The molecule has 0 atom stereocenters. The van der Waals surface area contributed by atoms with Crippen LogP contribution in [-0.4, -0.2) is 9.97 Å². The molecule has 0 amide bonds. The maximum Gasteiger partial charge on any atom is 0.416 e. The lowest BCUT2D eigenvalue weighted by atomic mass is 10.2. The van der Waals surface area contributed by atoms with Gasteiger partial charge in [-0.15, -0.1) is 0 Å². The van der Waals surface area contributed by atoms with E-state index in [0.29, 0.717) is 4.47 Å². The molecule has 1 N–H and O–H groups in total. The molecule has 0 bridgehead atoms. The number of nitrogens with zero attached hydrogens (tertiary/aromatic N) is 3. The molecule has 0 aliphatic rings. The molecule has 0 aliphatic carbocycles. The highest BCUT2D eigenvalue weighted by Gasteiger charge is 2.30. The number of anilines is 2. The lowest BCUT2D eigenvalue weighted by molar-refractivity contribution is -0.137. The Labute approximate surface area is 120 Å². The van der Waals surface area contributed by atoms with Gasteiger partial charge >= 0.3 is 6.18 Å². The molecule has 2 rings (SSSR count). The molecule has 1 aromatic carbocycles. The number of nitrogens with one attached hydrogen (secondary N) is 1. The normalized spacial score (nSPS) is 10.9. The van der Waals surface area contributed by atoms with Crippen LogP contribution in [0.3, 0.4) is 0 Å². The number of aromatic nitrogens is 2. The van der Waals surface area contributed by atoms with Crippen LogP contribution < -0.4 is 5.32 Å². The van der Waals surface area contributed by atoms with Crippen LogP contribution in [0, 0.1) is 11.3 Å². The Morgan fingerprint density at radius 1 is 1.20 bits per heavy atom. The zero-order valence-corrected chi connectivity index (χ0v) is 11.3. The molecule has 0 saturated carbocycles. The predicted octanol–water partition coefficient (Wildman–Crippen LogP) is 3.87. The number of hydrogen-bond donors (Lipinski definition) is 1. The molecule has 4 nitrogen and oxygen atoms in total. The summed E-state index contributed by atoms with van der Waals surface area (Å²) in [7, 11) is 0. The van der Waals surface area contributed by atoms with Gasteiger partial charge in [0.2, 0.25) is 0 Å². The quantitative estimate of drug-likeness (QED) is 0.899. The van der Waals surface area contributed by atoms with E-state index in [9.17, 15) is 13.2 Å². The molecule has 1 heterocycles. The molecular formula is C12H6BrF3N4. The average molecular weight is 343 g/mol. The summed E-state index contributed by atoms with van der Waals surface area (Å²) in [6.45, 7) is 0. The summed E-state index contributed by atoms with van der Waals surface area (Å²) < 4.78 is 38.3. The molecule has 102 valence electrons. The average Bonchev–Trinajstić information content (AvgIpc) is 2.41. The van der Waals surface area contributed by atoms with Gasteiger partial charge in [-0.3, -0.25) is 0 Å². The Hall–Kier alpha value is -2.14. The molecular weight excluding hydrogens is 337 g/mol. The largest absolute Gasteiger partial charge is 0.416 e. The summed E-state index contributed by atoms with van der Waals surface area (Å²) in [5.74, 6) is 0.240. The van der Waals surface area contributed by atoms with Gasteiger partial charge in [-0.1, -0.05) is 0 Å². The third kappa shape index (κ3) is 3.24. The third-order valence-electron chi connectivity index (χ3n) is 2.32. The van der Waals surface area contributed by atoms with Crippen molar-refractivity contribution in [3.8, 4) is 6.07 Å². The first kappa shape index (κ1) is 14.3. The van der Waals surface area contributed by atoms with E-state index in [1.807, 2.05) is 0 Å². The van der Waals surface area contributed by atoms with Gasteiger partial charge in [0.1, 0.15) is 11.9 Å². The Bertz CT molecular complexity index is 662. The number of hydrogen-bond acceptors (Lipinski definition) is 4. The topological polar surface area (TPSA) is 61.6 Å². The van der Waals surface area contributed by atoms with E-state index >= 15 is 0 Å². The first-order valence-electron chi connectivity index (χ1n) is 5.26. The first-order valence-corrected chi connectivity index (χ1v) is 6.05. The van der Waals surface area contributed by atoms with Crippen molar-refractivity contribution in [3.05, 3.63) is 46.3 Å². The lowest BCUT2D eigenvalue weighted by Crippen LogP contribution is -2.06. The van der Waals surface area contributed by atoms with Crippen molar-refractivity contribution in [2.75, 3.05) is 5.32 Å². The maximum absolute atomic E-state index is 12.6. The van der Waals surface area contributed by atoms with Crippen molar-refractivity contribution in [1.82, 2.24) is 9.97 Å². The Balaban J connectivity index is 2.30. The van der Waals surface area contributed by atoms with E-state index in [0.717, 1.165) is 12.1 Å². The monoisotopic (exact) mass is 342 g/mol. The number of benzene rings is 1. The minimum absolute atomic E-state index is 0.124. The zero-order chi connectivity index (χ0) is 14.8. The van der Waals surface area contributed by atoms with Crippen LogP contribution >= 0.6 is 15.9 Å². The van der Waals surface area contributed by atoms with E-state index in [1.54, 1.807) is 6.07 Å². The second-order valence-corrected chi connectivity index (χ2v) is 4.57. The molecule has 0 radical (unpaired) electrons. The highest BCUT2D eigenvalue weighted by molar-refractivity contribution is 9.10. The summed E-state index contributed by atoms with van der Waals surface area (Å²) in [6, 6.07) is 5.03. The Morgan fingerprint density at radius 2 is 1.95 bits per heavy atom. The Morgan fingerprint density at radius 3 is 2.50 bits per heavy atom. The second kappa shape index (κ2) is 5.46. The van der Waals surface area contributed by atoms with Crippen LogP contribution in [0.15, 0.2) is 35.1 Å². The van der Waals surface area contributed by atoms with Crippen LogP contribution in [-0.2, 0) is 6.18 Å². The molecule has 1 aromatic heterocycles. The predicted molar refractivity (Wildman–Crippen MR) is 69.2 cm³/mol. The number of alkyl halides is 3. The van der Waals surface area contributed by atoms with Crippen LogP contribution in [0.2, 0.25) is 0 Å².